The van der Waals surface area contributed by atoms with Crippen LogP contribution in [0.2, 0.25) is 0 Å². The molecule has 1 atom stereocenters. The van der Waals surface area contributed by atoms with Crippen molar-refractivity contribution in [2.24, 2.45) is 0 Å². The first-order valence-electron chi connectivity index (χ1n) is 4.48. The van der Waals surface area contributed by atoms with Crippen molar-refractivity contribution in [2.75, 3.05) is 12.3 Å². The van der Waals surface area contributed by atoms with E-state index in [4.69, 9.17) is 10.5 Å². The maximum atomic E-state index is 5.51. The summed E-state index contributed by atoms with van der Waals surface area (Å²) in [5.41, 5.74) is 5.50. The second-order valence-electron chi connectivity index (χ2n) is 2.72. The average molecular weight is 201 g/mol. The summed E-state index contributed by atoms with van der Waals surface area (Å²) in [5, 5.41) is 0.510. The van der Waals surface area contributed by atoms with E-state index in [0.29, 0.717) is 11.7 Å². The second-order valence-corrected chi connectivity index (χ2v) is 3.51. The molecule has 1 heterocycles. The van der Waals surface area contributed by atoms with Gasteiger partial charge in [-0.25, -0.2) is 4.98 Å². The lowest BCUT2D eigenvalue weighted by atomic mass is 10.2. The van der Waals surface area contributed by atoms with Gasteiger partial charge in [0.05, 0.1) is 0 Å². The molecule has 13 heavy (non-hydrogen) atoms. The lowest BCUT2D eigenvalue weighted by molar-refractivity contribution is 0.0503. The SMILES string of the molecule is CCCC(OCC)c1nsc(N)n1. The van der Waals surface area contributed by atoms with Crippen LogP contribution < -0.4 is 5.73 Å². The normalized spacial score (nSPS) is 13.1. The number of aromatic nitrogens is 2. The molecule has 0 fully saturated rings. The van der Waals surface area contributed by atoms with E-state index in [1.807, 2.05) is 6.92 Å². The first kappa shape index (κ1) is 10.4. The smallest absolute Gasteiger partial charge is 0.200 e. The van der Waals surface area contributed by atoms with Crippen LogP contribution in [0.3, 0.4) is 0 Å². The van der Waals surface area contributed by atoms with Crippen molar-refractivity contribution in [1.29, 1.82) is 0 Å². The molecule has 2 N–H and O–H groups in total. The zero-order valence-electron chi connectivity index (χ0n) is 7.99. The topological polar surface area (TPSA) is 61.0 Å². The minimum absolute atomic E-state index is 0.0172. The zero-order valence-corrected chi connectivity index (χ0v) is 8.80. The van der Waals surface area contributed by atoms with Gasteiger partial charge >= 0.3 is 0 Å². The number of nitrogens with two attached hydrogens (primary N) is 1. The van der Waals surface area contributed by atoms with Crippen LogP contribution in [0.4, 0.5) is 5.13 Å². The Balaban J connectivity index is 2.63. The van der Waals surface area contributed by atoms with Crippen LogP contribution in [0.5, 0.6) is 0 Å². The molecule has 1 rings (SSSR count). The number of nitrogens with zero attached hydrogens (tertiary/aromatic N) is 2. The first-order valence-corrected chi connectivity index (χ1v) is 5.26. The van der Waals surface area contributed by atoms with Gasteiger partial charge in [0.15, 0.2) is 11.0 Å². The van der Waals surface area contributed by atoms with Crippen molar-refractivity contribution >= 4 is 16.7 Å². The van der Waals surface area contributed by atoms with Gasteiger partial charge in [-0.05, 0) is 13.3 Å². The van der Waals surface area contributed by atoms with E-state index in [2.05, 4.69) is 16.3 Å². The van der Waals surface area contributed by atoms with Crippen LogP contribution in [-0.2, 0) is 4.74 Å². The first-order chi connectivity index (χ1) is 6.27. The second kappa shape index (κ2) is 5.14. The van der Waals surface area contributed by atoms with Crippen LogP contribution in [-0.4, -0.2) is 16.0 Å². The minimum atomic E-state index is 0.0172. The van der Waals surface area contributed by atoms with Crippen LogP contribution in [0, 0.1) is 0 Å². The summed E-state index contributed by atoms with van der Waals surface area (Å²) in [6.07, 6.45) is 2.02. The van der Waals surface area contributed by atoms with Gasteiger partial charge in [0.2, 0.25) is 0 Å². The highest BCUT2D eigenvalue weighted by atomic mass is 32.1. The minimum Gasteiger partial charge on any atom is -0.374 e. The molecule has 1 unspecified atom stereocenters. The van der Waals surface area contributed by atoms with Crippen molar-refractivity contribution in [3.63, 3.8) is 0 Å². The monoisotopic (exact) mass is 201 g/mol. The van der Waals surface area contributed by atoms with Crippen molar-refractivity contribution in [1.82, 2.24) is 9.36 Å². The highest BCUT2D eigenvalue weighted by Gasteiger charge is 2.15. The van der Waals surface area contributed by atoms with Gasteiger partial charge in [0.1, 0.15) is 6.10 Å². The Labute approximate surface area is 82.3 Å². The van der Waals surface area contributed by atoms with Crippen molar-refractivity contribution < 1.29 is 4.74 Å². The van der Waals surface area contributed by atoms with E-state index in [-0.39, 0.29) is 6.10 Å². The number of hydrogen-bond acceptors (Lipinski definition) is 5. The van der Waals surface area contributed by atoms with E-state index >= 15 is 0 Å². The molecule has 5 heteroatoms. The van der Waals surface area contributed by atoms with Gasteiger partial charge in [-0.2, -0.15) is 4.37 Å². The Morgan fingerprint density at radius 3 is 2.77 bits per heavy atom. The van der Waals surface area contributed by atoms with Crippen LogP contribution in [0.1, 0.15) is 38.6 Å². The van der Waals surface area contributed by atoms with Gasteiger partial charge < -0.3 is 10.5 Å². The molecule has 0 radical (unpaired) electrons. The number of anilines is 1. The van der Waals surface area contributed by atoms with Gasteiger partial charge in [-0.3, -0.25) is 0 Å². The van der Waals surface area contributed by atoms with Gasteiger partial charge in [0, 0.05) is 18.1 Å². The van der Waals surface area contributed by atoms with E-state index in [9.17, 15) is 0 Å². The van der Waals surface area contributed by atoms with E-state index in [1.54, 1.807) is 0 Å². The Hall–Kier alpha value is -0.680. The summed E-state index contributed by atoms with van der Waals surface area (Å²) in [7, 11) is 0. The van der Waals surface area contributed by atoms with E-state index in [1.165, 1.54) is 11.5 Å². The number of hydrogen-bond donors (Lipinski definition) is 1. The molecular formula is C8H15N3OS. The van der Waals surface area contributed by atoms with Gasteiger partial charge in [0.25, 0.3) is 0 Å². The number of nitrogen functional groups attached to an aromatic ring is 1. The fourth-order valence-corrected chi connectivity index (χ4v) is 1.61. The predicted octanol–water partition coefficient (Wildman–Crippen LogP) is 2.00. The van der Waals surface area contributed by atoms with Gasteiger partial charge in [-0.15, -0.1) is 0 Å². The summed E-state index contributed by atoms with van der Waals surface area (Å²) in [6, 6.07) is 0. The molecule has 0 aliphatic heterocycles. The quantitative estimate of drug-likeness (QED) is 0.791. The van der Waals surface area contributed by atoms with E-state index in [0.717, 1.165) is 18.7 Å². The summed E-state index contributed by atoms with van der Waals surface area (Å²) in [5.74, 6) is 0.728. The Morgan fingerprint density at radius 2 is 2.31 bits per heavy atom. The molecule has 1 aromatic rings. The zero-order chi connectivity index (χ0) is 9.68. The highest BCUT2D eigenvalue weighted by molar-refractivity contribution is 7.09. The van der Waals surface area contributed by atoms with E-state index < -0.39 is 0 Å². The molecule has 0 spiro atoms. The molecule has 0 aliphatic rings. The standard InChI is InChI=1S/C8H15N3OS/c1-3-5-6(12-4-2)7-10-8(9)13-11-7/h6H,3-5H2,1-2H3,(H2,9,10,11). The molecule has 4 nitrogen and oxygen atoms in total. The number of rotatable bonds is 5. The largest absolute Gasteiger partial charge is 0.374 e. The molecule has 0 bridgehead atoms. The number of ether oxygens (including phenoxy) is 1. The highest BCUT2D eigenvalue weighted by Crippen LogP contribution is 2.21. The molecule has 1 aromatic heterocycles. The van der Waals surface area contributed by atoms with Crippen LogP contribution >= 0.6 is 11.5 Å². The van der Waals surface area contributed by atoms with Crippen LogP contribution in [0.15, 0.2) is 0 Å². The third-order valence-corrected chi connectivity index (χ3v) is 2.22. The van der Waals surface area contributed by atoms with Gasteiger partial charge in [-0.1, -0.05) is 13.3 Å². The molecular weight excluding hydrogens is 186 g/mol. The molecule has 0 amide bonds. The summed E-state index contributed by atoms with van der Waals surface area (Å²) in [6.45, 7) is 4.77. The Bertz CT molecular complexity index is 245. The van der Waals surface area contributed by atoms with Crippen molar-refractivity contribution in [3.05, 3.63) is 5.82 Å². The van der Waals surface area contributed by atoms with Crippen LogP contribution in [0.25, 0.3) is 0 Å². The molecule has 0 aromatic carbocycles. The Kier molecular flexibility index (Phi) is 4.11. The molecule has 0 saturated carbocycles. The van der Waals surface area contributed by atoms with Crippen molar-refractivity contribution in [3.8, 4) is 0 Å². The third-order valence-electron chi connectivity index (χ3n) is 1.66. The Morgan fingerprint density at radius 1 is 1.54 bits per heavy atom. The average Bonchev–Trinajstić information content (AvgIpc) is 2.51. The lowest BCUT2D eigenvalue weighted by Crippen LogP contribution is -2.06. The summed E-state index contributed by atoms with van der Waals surface area (Å²) >= 11 is 1.22. The molecule has 0 aliphatic carbocycles. The predicted molar refractivity (Wildman–Crippen MR) is 53.6 cm³/mol. The maximum Gasteiger partial charge on any atom is 0.200 e. The summed E-state index contributed by atoms with van der Waals surface area (Å²) < 4.78 is 9.64. The molecule has 0 saturated heterocycles. The fourth-order valence-electron chi connectivity index (χ4n) is 1.13. The fraction of sp³-hybridized carbons (Fsp3) is 0.750. The van der Waals surface area contributed by atoms with Crippen molar-refractivity contribution in [2.45, 2.75) is 32.8 Å². The summed E-state index contributed by atoms with van der Waals surface area (Å²) in [4.78, 5) is 4.11. The lowest BCUT2D eigenvalue weighted by Gasteiger charge is -2.11. The molecule has 74 valence electrons. The third kappa shape index (κ3) is 2.93. The maximum absolute atomic E-state index is 5.51.